The molecule has 2 amide bonds. The topological polar surface area (TPSA) is 68.7 Å². The van der Waals surface area contributed by atoms with Crippen molar-refractivity contribution in [2.24, 2.45) is 0 Å². The van der Waals surface area contributed by atoms with Crippen LogP contribution in [0.1, 0.15) is 53.1 Å². The molecule has 0 radical (unpaired) electrons. The van der Waals surface area contributed by atoms with Crippen LogP contribution in [0.4, 0.5) is 0 Å². The summed E-state index contributed by atoms with van der Waals surface area (Å²) in [5.74, 6) is 0.940. The fourth-order valence-corrected chi connectivity index (χ4v) is 4.84. The molecule has 0 spiro atoms. The van der Waals surface area contributed by atoms with Gasteiger partial charge in [0.15, 0.2) is 0 Å². The molecule has 5 rings (SSSR count). The summed E-state index contributed by atoms with van der Waals surface area (Å²) in [6.45, 7) is 5.84. The number of carbonyl (C=O) groups excluding carboxylic acids is 2. The second kappa shape index (κ2) is 9.35. The first kappa shape index (κ1) is 22.8. The zero-order chi connectivity index (χ0) is 24.5. The third-order valence-electron chi connectivity index (χ3n) is 5.75. The van der Waals surface area contributed by atoms with Gasteiger partial charge in [0.05, 0.1) is 28.1 Å². The first-order chi connectivity index (χ1) is 16.9. The van der Waals surface area contributed by atoms with Gasteiger partial charge in [-0.05, 0) is 74.4 Å². The van der Waals surface area contributed by atoms with E-state index in [1.807, 2.05) is 69.3 Å². The van der Waals surface area contributed by atoms with Crippen molar-refractivity contribution in [1.82, 2.24) is 9.88 Å². The Kier molecular flexibility index (Phi) is 6.09. The Morgan fingerprint density at radius 3 is 2.14 bits per heavy atom. The molecule has 1 unspecified atom stereocenters. The van der Waals surface area contributed by atoms with Crippen molar-refractivity contribution in [2.75, 3.05) is 0 Å². The normalized spacial score (nSPS) is 13.8. The zero-order valence-electron chi connectivity index (χ0n) is 19.6. The number of thiazole rings is 1. The van der Waals surface area contributed by atoms with Crippen LogP contribution < -0.4 is 9.47 Å². The lowest BCUT2D eigenvalue weighted by Gasteiger charge is -2.23. The second-order valence-corrected chi connectivity index (χ2v) is 9.55. The van der Waals surface area contributed by atoms with E-state index in [9.17, 15) is 9.59 Å². The van der Waals surface area contributed by atoms with Gasteiger partial charge in [0.25, 0.3) is 17.0 Å². The summed E-state index contributed by atoms with van der Waals surface area (Å²) < 4.78 is 11.6. The molecule has 176 valence electrons. The van der Waals surface area contributed by atoms with Gasteiger partial charge in [0.2, 0.25) is 0 Å². The predicted octanol–water partition coefficient (Wildman–Crippen LogP) is 6.75. The lowest BCUT2D eigenvalue weighted by Crippen LogP contribution is -2.32. The fraction of sp³-hybridized carbons (Fsp3) is 0.179. The maximum Gasteiger partial charge on any atom is 0.279 e. The number of carbonyl (C=O) groups is 2. The van der Waals surface area contributed by atoms with E-state index >= 15 is 0 Å². The van der Waals surface area contributed by atoms with Crippen LogP contribution in [0, 0.1) is 0 Å². The second-order valence-electron chi connectivity index (χ2n) is 8.56. The summed E-state index contributed by atoms with van der Waals surface area (Å²) >= 11 is 1.43. The van der Waals surface area contributed by atoms with Crippen molar-refractivity contribution < 1.29 is 19.1 Å². The number of amides is 2. The summed E-state index contributed by atoms with van der Waals surface area (Å²) in [5.41, 5.74) is 2.72. The van der Waals surface area contributed by atoms with Gasteiger partial charge < -0.3 is 9.47 Å². The highest BCUT2D eigenvalue weighted by Gasteiger charge is 2.38. The quantitative estimate of drug-likeness (QED) is 0.272. The zero-order valence-corrected chi connectivity index (χ0v) is 20.4. The van der Waals surface area contributed by atoms with E-state index in [1.54, 1.807) is 30.5 Å². The molecule has 1 aliphatic rings. The van der Waals surface area contributed by atoms with E-state index in [1.165, 1.54) is 16.2 Å². The van der Waals surface area contributed by atoms with Crippen LogP contribution >= 0.6 is 11.3 Å². The van der Waals surface area contributed by atoms with Crippen molar-refractivity contribution in [2.45, 2.75) is 32.9 Å². The molecule has 0 saturated carbocycles. The number of hydrogen-bond donors (Lipinski definition) is 0. The first-order valence-corrected chi connectivity index (χ1v) is 12.2. The van der Waals surface area contributed by atoms with Crippen molar-refractivity contribution in [3.05, 3.63) is 95.7 Å². The summed E-state index contributed by atoms with van der Waals surface area (Å²) in [5, 5.41) is 0.524. The van der Waals surface area contributed by atoms with Crippen molar-refractivity contribution >= 4 is 23.2 Å². The van der Waals surface area contributed by atoms with Gasteiger partial charge in [-0.2, -0.15) is 0 Å². The summed E-state index contributed by atoms with van der Waals surface area (Å²) in [6, 6.07) is 21.8. The summed E-state index contributed by atoms with van der Waals surface area (Å²) in [6.07, 6.45) is 1.88. The third kappa shape index (κ3) is 4.55. The molecule has 0 fully saturated rings. The molecule has 0 N–H and O–H groups in total. The fourth-order valence-electron chi connectivity index (χ4n) is 4.06. The minimum Gasteiger partial charge on any atom is -0.491 e. The van der Waals surface area contributed by atoms with Crippen LogP contribution in [0.5, 0.6) is 16.7 Å². The Bertz CT molecular complexity index is 1360. The van der Waals surface area contributed by atoms with Crippen LogP contribution in [-0.4, -0.2) is 27.8 Å². The number of fused-ring (bicyclic) bond motifs is 1. The maximum absolute atomic E-state index is 12.9. The van der Waals surface area contributed by atoms with Gasteiger partial charge in [-0.15, -0.1) is 0 Å². The van der Waals surface area contributed by atoms with Gasteiger partial charge in [-0.25, -0.2) is 4.98 Å². The minimum atomic E-state index is -0.405. The molecule has 4 aromatic rings. The maximum atomic E-state index is 12.9. The SMILES string of the molecule is CC(C)Oc1ccc(Oc2ncc(-c3cccc(C(C)N4C(=O)c5ccccc5C4=O)c3)s2)cc1. The molecular weight excluding hydrogens is 460 g/mol. The number of rotatable bonds is 7. The number of ether oxygens (including phenoxy) is 2. The van der Waals surface area contributed by atoms with Crippen molar-refractivity contribution in [3.63, 3.8) is 0 Å². The Balaban J connectivity index is 1.33. The Morgan fingerprint density at radius 1 is 0.829 bits per heavy atom. The Morgan fingerprint density at radius 2 is 1.49 bits per heavy atom. The minimum absolute atomic E-state index is 0.110. The largest absolute Gasteiger partial charge is 0.491 e. The van der Waals surface area contributed by atoms with Crippen LogP contribution in [0.2, 0.25) is 0 Å². The van der Waals surface area contributed by atoms with Gasteiger partial charge in [-0.3, -0.25) is 14.5 Å². The van der Waals surface area contributed by atoms with E-state index in [0.717, 1.165) is 21.8 Å². The standard InChI is InChI=1S/C28H24N2O4S/c1-17(2)33-21-11-13-22(14-12-21)34-28-29-16-25(35-28)20-8-6-7-19(15-20)18(3)30-26(31)23-9-4-5-10-24(23)27(30)32/h4-18H,1-3H3. The van der Waals surface area contributed by atoms with Crippen LogP contribution in [-0.2, 0) is 0 Å². The predicted molar refractivity (Wildman–Crippen MR) is 135 cm³/mol. The molecule has 0 bridgehead atoms. The van der Waals surface area contributed by atoms with Crippen LogP contribution in [0.3, 0.4) is 0 Å². The molecular formula is C28H24N2O4S. The highest BCUT2D eigenvalue weighted by Crippen LogP contribution is 2.36. The van der Waals surface area contributed by atoms with E-state index in [4.69, 9.17) is 9.47 Å². The highest BCUT2D eigenvalue weighted by molar-refractivity contribution is 7.16. The molecule has 1 aliphatic heterocycles. The lowest BCUT2D eigenvalue weighted by atomic mass is 10.0. The molecule has 0 aliphatic carbocycles. The monoisotopic (exact) mass is 484 g/mol. The molecule has 0 saturated heterocycles. The van der Waals surface area contributed by atoms with Gasteiger partial charge >= 0.3 is 0 Å². The molecule has 35 heavy (non-hydrogen) atoms. The van der Waals surface area contributed by atoms with E-state index in [-0.39, 0.29) is 17.9 Å². The van der Waals surface area contributed by atoms with Gasteiger partial charge in [0, 0.05) is 6.20 Å². The van der Waals surface area contributed by atoms with Gasteiger partial charge in [0.1, 0.15) is 11.5 Å². The van der Waals surface area contributed by atoms with Crippen LogP contribution in [0.15, 0.2) is 79.0 Å². The number of benzene rings is 3. The Labute approximate surface area is 207 Å². The third-order valence-corrected chi connectivity index (χ3v) is 6.68. The first-order valence-electron chi connectivity index (χ1n) is 11.4. The summed E-state index contributed by atoms with van der Waals surface area (Å²) in [7, 11) is 0. The molecule has 7 heteroatoms. The van der Waals surface area contributed by atoms with E-state index in [0.29, 0.717) is 22.1 Å². The molecule has 6 nitrogen and oxygen atoms in total. The Hall–Kier alpha value is -3.97. The number of imide groups is 1. The van der Waals surface area contributed by atoms with Crippen molar-refractivity contribution in [1.29, 1.82) is 0 Å². The van der Waals surface area contributed by atoms with E-state index < -0.39 is 6.04 Å². The molecule has 1 atom stereocenters. The molecule has 1 aromatic heterocycles. The average molecular weight is 485 g/mol. The lowest BCUT2D eigenvalue weighted by molar-refractivity contribution is 0.0595. The molecule has 3 aromatic carbocycles. The highest BCUT2D eigenvalue weighted by atomic mass is 32.1. The number of aromatic nitrogens is 1. The smallest absolute Gasteiger partial charge is 0.279 e. The van der Waals surface area contributed by atoms with Crippen LogP contribution in [0.25, 0.3) is 10.4 Å². The van der Waals surface area contributed by atoms with E-state index in [2.05, 4.69) is 4.98 Å². The molecule has 2 heterocycles. The number of nitrogens with zero attached hydrogens (tertiary/aromatic N) is 2. The van der Waals surface area contributed by atoms with Gasteiger partial charge in [-0.1, -0.05) is 41.7 Å². The van der Waals surface area contributed by atoms with Crippen molar-refractivity contribution in [3.8, 4) is 27.1 Å². The number of hydrogen-bond acceptors (Lipinski definition) is 6. The summed E-state index contributed by atoms with van der Waals surface area (Å²) in [4.78, 5) is 32.5. The average Bonchev–Trinajstić information content (AvgIpc) is 3.42.